The highest BCUT2D eigenvalue weighted by molar-refractivity contribution is 5.69. The molecule has 1 rings (SSSR count). The zero-order valence-corrected chi connectivity index (χ0v) is 9.56. The summed E-state index contributed by atoms with van der Waals surface area (Å²) in [5.41, 5.74) is 0.998. The standard InChI is InChI=1S/C13H18O3/c1-11(12-7-3-2-4-8-12)16-13(15)9-5-6-10-14/h2-4,7-8,11,14H,5-6,9-10H2,1H3. The molecule has 0 aliphatic heterocycles. The van der Waals surface area contributed by atoms with E-state index in [9.17, 15) is 4.79 Å². The molecule has 1 N–H and O–H groups in total. The van der Waals surface area contributed by atoms with E-state index in [0.717, 1.165) is 5.56 Å². The fourth-order valence-corrected chi connectivity index (χ4v) is 1.43. The van der Waals surface area contributed by atoms with Gasteiger partial charge in [-0.2, -0.15) is 0 Å². The lowest BCUT2D eigenvalue weighted by Gasteiger charge is -2.13. The number of aliphatic hydroxyl groups excluding tert-OH is 1. The Morgan fingerprint density at radius 1 is 1.31 bits per heavy atom. The summed E-state index contributed by atoms with van der Waals surface area (Å²) in [6, 6.07) is 9.65. The van der Waals surface area contributed by atoms with E-state index in [0.29, 0.717) is 19.3 Å². The molecule has 1 atom stereocenters. The molecule has 88 valence electrons. The first-order chi connectivity index (χ1) is 7.74. The highest BCUT2D eigenvalue weighted by Gasteiger charge is 2.10. The third kappa shape index (κ3) is 4.45. The van der Waals surface area contributed by atoms with Crippen LogP contribution in [0.5, 0.6) is 0 Å². The average molecular weight is 222 g/mol. The lowest BCUT2D eigenvalue weighted by molar-refractivity contribution is -0.148. The van der Waals surface area contributed by atoms with Crippen molar-refractivity contribution in [3.8, 4) is 0 Å². The van der Waals surface area contributed by atoms with Crippen molar-refractivity contribution in [1.82, 2.24) is 0 Å². The lowest BCUT2D eigenvalue weighted by atomic mass is 10.1. The number of carbonyl (C=O) groups excluding carboxylic acids is 1. The molecular formula is C13H18O3. The summed E-state index contributed by atoms with van der Waals surface area (Å²) < 4.78 is 5.26. The van der Waals surface area contributed by atoms with Crippen LogP contribution in [-0.2, 0) is 9.53 Å². The molecule has 0 aliphatic rings. The fraction of sp³-hybridized carbons (Fsp3) is 0.462. The maximum atomic E-state index is 11.4. The molecule has 0 aliphatic carbocycles. The third-order valence-electron chi connectivity index (χ3n) is 2.37. The summed E-state index contributed by atoms with van der Waals surface area (Å²) in [5, 5.41) is 8.59. The van der Waals surface area contributed by atoms with Gasteiger partial charge in [-0.05, 0) is 25.3 Å². The van der Waals surface area contributed by atoms with E-state index >= 15 is 0 Å². The molecule has 3 heteroatoms. The number of unbranched alkanes of at least 4 members (excludes halogenated alkanes) is 1. The molecule has 0 spiro atoms. The number of benzene rings is 1. The number of ether oxygens (including phenoxy) is 1. The van der Waals surface area contributed by atoms with Gasteiger partial charge in [-0.3, -0.25) is 4.79 Å². The largest absolute Gasteiger partial charge is 0.458 e. The number of aliphatic hydroxyl groups is 1. The van der Waals surface area contributed by atoms with Crippen molar-refractivity contribution in [2.45, 2.75) is 32.3 Å². The van der Waals surface area contributed by atoms with Gasteiger partial charge in [-0.15, -0.1) is 0 Å². The Balaban J connectivity index is 2.34. The van der Waals surface area contributed by atoms with Gasteiger partial charge in [0.1, 0.15) is 6.10 Å². The van der Waals surface area contributed by atoms with Gasteiger partial charge in [0.05, 0.1) is 0 Å². The van der Waals surface area contributed by atoms with E-state index < -0.39 is 0 Å². The van der Waals surface area contributed by atoms with E-state index in [-0.39, 0.29) is 18.7 Å². The maximum absolute atomic E-state index is 11.4. The minimum atomic E-state index is -0.206. The Labute approximate surface area is 96.1 Å². The highest BCUT2D eigenvalue weighted by Crippen LogP contribution is 2.16. The molecule has 0 saturated heterocycles. The van der Waals surface area contributed by atoms with Crippen molar-refractivity contribution >= 4 is 5.97 Å². The Morgan fingerprint density at radius 3 is 2.62 bits per heavy atom. The molecule has 0 bridgehead atoms. The van der Waals surface area contributed by atoms with Crippen molar-refractivity contribution < 1.29 is 14.6 Å². The summed E-state index contributed by atoms with van der Waals surface area (Å²) in [5.74, 6) is -0.204. The minimum Gasteiger partial charge on any atom is -0.458 e. The van der Waals surface area contributed by atoms with Gasteiger partial charge in [-0.1, -0.05) is 30.3 Å². The third-order valence-corrected chi connectivity index (χ3v) is 2.37. The number of hydrogen-bond donors (Lipinski definition) is 1. The van der Waals surface area contributed by atoms with E-state index in [4.69, 9.17) is 9.84 Å². The molecule has 1 aromatic rings. The maximum Gasteiger partial charge on any atom is 0.306 e. The second-order valence-corrected chi connectivity index (χ2v) is 3.72. The van der Waals surface area contributed by atoms with Crippen molar-refractivity contribution in [3.63, 3.8) is 0 Å². The number of carbonyl (C=O) groups is 1. The van der Waals surface area contributed by atoms with Crippen LogP contribution in [-0.4, -0.2) is 17.7 Å². The Hall–Kier alpha value is -1.35. The SMILES string of the molecule is CC(OC(=O)CCCCO)c1ccccc1. The average Bonchev–Trinajstić information content (AvgIpc) is 2.30. The Morgan fingerprint density at radius 2 is 2.00 bits per heavy atom. The van der Waals surface area contributed by atoms with Crippen LogP contribution in [0.2, 0.25) is 0 Å². The topological polar surface area (TPSA) is 46.5 Å². The van der Waals surface area contributed by atoms with E-state index in [1.54, 1.807) is 0 Å². The van der Waals surface area contributed by atoms with E-state index in [2.05, 4.69) is 0 Å². The number of hydrogen-bond acceptors (Lipinski definition) is 3. The zero-order chi connectivity index (χ0) is 11.8. The second-order valence-electron chi connectivity index (χ2n) is 3.72. The Kier molecular flexibility index (Phi) is 5.57. The van der Waals surface area contributed by atoms with Crippen molar-refractivity contribution in [1.29, 1.82) is 0 Å². The van der Waals surface area contributed by atoms with Gasteiger partial charge in [-0.25, -0.2) is 0 Å². The van der Waals surface area contributed by atoms with Crippen LogP contribution in [0, 0.1) is 0 Å². The van der Waals surface area contributed by atoms with Gasteiger partial charge in [0.25, 0.3) is 0 Å². The molecule has 0 heterocycles. The van der Waals surface area contributed by atoms with E-state index in [1.807, 2.05) is 37.3 Å². The van der Waals surface area contributed by atoms with Gasteiger partial charge in [0.2, 0.25) is 0 Å². The van der Waals surface area contributed by atoms with Crippen LogP contribution in [0.1, 0.15) is 37.9 Å². The number of rotatable bonds is 6. The van der Waals surface area contributed by atoms with Crippen molar-refractivity contribution in [2.24, 2.45) is 0 Å². The second kappa shape index (κ2) is 7.01. The summed E-state index contributed by atoms with van der Waals surface area (Å²) in [6.45, 7) is 1.99. The minimum absolute atomic E-state index is 0.127. The van der Waals surface area contributed by atoms with Gasteiger partial charge in [0, 0.05) is 13.0 Å². The monoisotopic (exact) mass is 222 g/mol. The van der Waals surface area contributed by atoms with Crippen LogP contribution >= 0.6 is 0 Å². The summed E-state index contributed by atoms with van der Waals surface area (Å²) in [7, 11) is 0. The first-order valence-corrected chi connectivity index (χ1v) is 5.59. The summed E-state index contributed by atoms with van der Waals surface area (Å²) >= 11 is 0. The van der Waals surface area contributed by atoms with Gasteiger partial charge in [0.15, 0.2) is 0 Å². The van der Waals surface area contributed by atoms with Crippen LogP contribution in [0.3, 0.4) is 0 Å². The van der Waals surface area contributed by atoms with Gasteiger partial charge >= 0.3 is 5.97 Å². The van der Waals surface area contributed by atoms with Crippen LogP contribution in [0.15, 0.2) is 30.3 Å². The lowest BCUT2D eigenvalue weighted by Crippen LogP contribution is -2.08. The quantitative estimate of drug-likeness (QED) is 0.594. The fourth-order valence-electron chi connectivity index (χ4n) is 1.43. The zero-order valence-electron chi connectivity index (χ0n) is 9.56. The van der Waals surface area contributed by atoms with E-state index in [1.165, 1.54) is 0 Å². The molecule has 0 fully saturated rings. The summed E-state index contributed by atoms with van der Waals surface area (Å²) in [6.07, 6.45) is 1.49. The molecule has 1 aromatic carbocycles. The predicted molar refractivity (Wildman–Crippen MR) is 61.9 cm³/mol. The molecule has 1 unspecified atom stereocenters. The van der Waals surface area contributed by atoms with Gasteiger partial charge < -0.3 is 9.84 Å². The van der Waals surface area contributed by atoms with Crippen LogP contribution < -0.4 is 0 Å². The summed E-state index contributed by atoms with van der Waals surface area (Å²) in [4.78, 5) is 11.4. The molecule has 16 heavy (non-hydrogen) atoms. The molecule has 3 nitrogen and oxygen atoms in total. The molecule has 0 aromatic heterocycles. The molecule has 0 amide bonds. The normalized spacial score (nSPS) is 12.1. The Bertz CT molecular complexity index is 308. The molecule has 0 radical (unpaired) electrons. The van der Waals surface area contributed by atoms with Crippen molar-refractivity contribution in [2.75, 3.05) is 6.61 Å². The molecule has 0 saturated carbocycles. The highest BCUT2D eigenvalue weighted by atomic mass is 16.5. The smallest absolute Gasteiger partial charge is 0.306 e. The predicted octanol–water partition coefficient (Wildman–Crippen LogP) is 2.45. The van der Waals surface area contributed by atoms with Crippen LogP contribution in [0.25, 0.3) is 0 Å². The molecular weight excluding hydrogens is 204 g/mol. The first kappa shape index (κ1) is 12.7. The van der Waals surface area contributed by atoms with Crippen molar-refractivity contribution in [3.05, 3.63) is 35.9 Å². The van der Waals surface area contributed by atoms with Crippen LogP contribution in [0.4, 0.5) is 0 Å². The number of esters is 1. The first-order valence-electron chi connectivity index (χ1n) is 5.59.